The smallest absolute Gasteiger partial charge is 0.0950 e. The van der Waals surface area contributed by atoms with E-state index in [4.69, 9.17) is 4.74 Å². The number of benzene rings is 1. The van der Waals surface area contributed by atoms with Crippen LogP contribution in [0.2, 0.25) is 0 Å². The number of fused-ring (bicyclic) bond motifs is 1. The quantitative estimate of drug-likeness (QED) is 0.762. The van der Waals surface area contributed by atoms with E-state index in [0.29, 0.717) is 0 Å². The van der Waals surface area contributed by atoms with Crippen LogP contribution in [0.4, 0.5) is 5.69 Å². The fraction of sp³-hybridized carbons (Fsp3) is 0.429. The number of aromatic nitrogens is 2. The van der Waals surface area contributed by atoms with E-state index in [0.717, 1.165) is 42.8 Å². The fourth-order valence-corrected chi connectivity index (χ4v) is 1.75. The second kappa shape index (κ2) is 6.91. The first kappa shape index (κ1) is 12.8. The van der Waals surface area contributed by atoms with Gasteiger partial charge in [-0.1, -0.05) is 31.5 Å². The van der Waals surface area contributed by atoms with Gasteiger partial charge < -0.3 is 10.1 Å². The molecule has 1 aromatic heterocycles. The van der Waals surface area contributed by atoms with E-state index in [1.807, 2.05) is 24.3 Å². The Morgan fingerprint density at radius 1 is 1.22 bits per heavy atom. The summed E-state index contributed by atoms with van der Waals surface area (Å²) in [5, 5.41) is 12.5. The van der Waals surface area contributed by atoms with Crippen LogP contribution in [0, 0.1) is 0 Å². The molecule has 96 valence electrons. The predicted molar refractivity (Wildman–Crippen MR) is 73.8 cm³/mol. The van der Waals surface area contributed by atoms with Crippen LogP contribution in [0.5, 0.6) is 0 Å². The Labute approximate surface area is 107 Å². The summed E-state index contributed by atoms with van der Waals surface area (Å²) in [6, 6.07) is 7.98. The Morgan fingerprint density at radius 3 is 3.00 bits per heavy atom. The lowest BCUT2D eigenvalue weighted by Crippen LogP contribution is -2.10. The van der Waals surface area contributed by atoms with Gasteiger partial charge in [0.15, 0.2) is 0 Å². The van der Waals surface area contributed by atoms with Crippen molar-refractivity contribution in [2.75, 3.05) is 25.1 Å². The first-order chi connectivity index (χ1) is 8.92. The molecule has 0 fully saturated rings. The molecule has 0 saturated heterocycles. The molecule has 0 atom stereocenters. The number of hydrogen-bond acceptors (Lipinski definition) is 4. The van der Waals surface area contributed by atoms with Crippen molar-refractivity contribution in [3.63, 3.8) is 0 Å². The zero-order valence-electron chi connectivity index (χ0n) is 10.7. The fourth-order valence-electron chi connectivity index (χ4n) is 1.75. The highest BCUT2D eigenvalue weighted by Gasteiger charge is 2.00. The third-order valence-electron chi connectivity index (χ3n) is 2.75. The van der Waals surface area contributed by atoms with Gasteiger partial charge in [0, 0.05) is 18.5 Å². The number of unbranched alkanes of at least 4 members (excludes halogenated alkanes) is 1. The highest BCUT2D eigenvalue weighted by atomic mass is 16.5. The zero-order chi connectivity index (χ0) is 12.6. The van der Waals surface area contributed by atoms with Crippen molar-refractivity contribution in [1.29, 1.82) is 0 Å². The van der Waals surface area contributed by atoms with E-state index in [-0.39, 0.29) is 0 Å². The molecule has 0 saturated carbocycles. The summed E-state index contributed by atoms with van der Waals surface area (Å²) in [5.74, 6) is 0. The van der Waals surface area contributed by atoms with Gasteiger partial charge in [0.1, 0.15) is 0 Å². The van der Waals surface area contributed by atoms with E-state index in [2.05, 4.69) is 22.4 Å². The average Bonchev–Trinajstić information content (AvgIpc) is 2.43. The highest BCUT2D eigenvalue weighted by Crippen LogP contribution is 2.19. The standard InChI is InChI=1S/C14H19N3O/c1-2-3-9-18-10-8-15-14-11-16-17-13-7-5-4-6-12(13)14/h4-7,11H,2-3,8-10H2,1H3,(H,15,17). The van der Waals surface area contributed by atoms with Gasteiger partial charge in [-0.2, -0.15) is 10.2 Å². The summed E-state index contributed by atoms with van der Waals surface area (Å²) < 4.78 is 5.51. The summed E-state index contributed by atoms with van der Waals surface area (Å²) in [6.07, 6.45) is 4.06. The summed E-state index contributed by atoms with van der Waals surface area (Å²) in [4.78, 5) is 0. The van der Waals surface area contributed by atoms with E-state index in [1.54, 1.807) is 6.20 Å². The molecular formula is C14H19N3O. The number of nitrogens with zero attached hydrogens (tertiary/aromatic N) is 2. The summed E-state index contributed by atoms with van der Waals surface area (Å²) in [6.45, 7) is 4.51. The molecular weight excluding hydrogens is 226 g/mol. The summed E-state index contributed by atoms with van der Waals surface area (Å²) in [7, 11) is 0. The molecule has 1 heterocycles. The molecule has 0 aliphatic carbocycles. The number of anilines is 1. The van der Waals surface area contributed by atoms with Crippen molar-refractivity contribution < 1.29 is 4.74 Å². The second-order valence-corrected chi connectivity index (χ2v) is 4.17. The van der Waals surface area contributed by atoms with Crippen LogP contribution in [0.25, 0.3) is 10.9 Å². The van der Waals surface area contributed by atoms with Crippen molar-refractivity contribution in [3.05, 3.63) is 30.5 Å². The maximum atomic E-state index is 5.51. The third-order valence-corrected chi connectivity index (χ3v) is 2.75. The normalized spacial score (nSPS) is 10.7. The second-order valence-electron chi connectivity index (χ2n) is 4.17. The maximum absolute atomic E-state index is 5.51. The van der Waals surface area contributed by atoms with Gasteiger partial charge in [0.05, 0.1) is 24.0 Å². The molecule has 0 spiro atoms. The van der Waals surface area contributed by atoms with Crippen LogP contribution in [0.15, 0.2) is 30.5 Å². The van der Waals surface area contributed by atoms with Gasteiger partial charge in [-0.3, -0.25) is 0 Å². The minimum atomic E-state index is 0.719. The van der Waals surface area contributed by atoms with Crippen LogP contribution in [0.3, 0.4) is 0 Å². The van der Waals surface area contributed by atoms with E-state index in [1.165, 1.54) is 6.42 Å². The van der Waals surface area contributed by atoms with E-state index >= 15 is 0 Å². The molecule has 4 heteroatoms. The zero-order valence-corrected chi connectivity index (χ0v) is 10.7. The first-order valence-corrected chi connectivity index (χ1v) is 6.44. The van der Waals surface area contributed by atoms with Gasteiger partial charge in [-0.15, -0.1) is 0 Å². The molecule has 1 aromatic carbocycles. The minimum absolute atomic E-state index is 0.719. The molecule has 4 nitrogen and oxygen atoms in total. The van der Waals surface area contributed by atoms with Crippen molar-refractivity contribution in [2.24, 2.45) is 0 Å². The molecule has 2 aromatic rings. The molecule has 0 aliphatic rings. The Morgan fingerprint density at radius 2 is 2.11 bits per heavy atom. The largest absolute Gasteiger partial charge is 0.381 e. The Kier molecular flexibility index (Phi) is 4.90. The molecule has 0 bridgehead atoms. The predicted octanol–water partition coefficient (Wildman–Crippen LogP) is 2.86. The maximum Gasteiger partial charge on any atom is 0.0950 e. The molecule has 0 amide bonds. The Bertz CT molecular complexity index is 482. The molecule has 0 aliphatic heterocycles. The lowest BCUT2D eigenvalue weighted by molar-refractivity contribution is 0.141. The van der Waals surface area contributed by atoms with Gasteiger partial charge in [-0.25, -0.2) is 0 Å². The van der Waals surface area contributed by atoms with Crippen LogP contribution >= 0.6 is 0 Å². The number of hydrogen-bond donors (Lipinski definition) is 1. The van der Waals surface area contributed by atoms with E-state index in [9.17, 15) is 0 Å². The summed E-state index contributed by atoms with van der Waals surface area (Å²) >= 11 is 0. The molecule has 0 radical (unpaired) electrons. The molecule has 1 N–H and O–H groups in total. The van der Waals surface area contributed by atoms with Crippen LogP contribution < -0.4 is 5.32 Å². The van der Waals surface area contributed by atoms with Crippen molar-refractivity contribution in [3.8, 4) is 0 Å². The molecule has 18 heavy (non-hydrogen) atoms. The number of rotatable bonds is 7. The lowest BCUT2D eigenvalue weighted by atomic mass is 10.2. The van der Waals surface area contributed by atoms with Gasteiger partial charge in [0.25, 0.3) is 0 Å². The topological polar surface area (TPSA) is 47.0 Å². The number of nitrogens with one attached hydrogen (secondary N) is 1. The molecule has 0 unspecified atom stereocenters. The van der Waals surface area contributed by atoms with Crippen LogP contribution in [-0.4, -0.2) is 30.0 Å². The SMILES string of the molecule is CCCCOCCNc1cnnc2ccccc12. The van der Waals surface area contributed by atoms with Crippen molar-refractivity contribution in [1.82, 2.24) is 10.2 Å². The van der Waals surface area contributed by atoms with Crippen LogP contribution in [0.1, 0.15) is 19.8 Å². The summed E-state index contributed by atoms with van der Waals surface area (Å²) in [5.41, 5.74) is 1.93. The highest BCUT2D eigenvalue weighted by molar-refractivity contribution is 5.90. The van der Waals surface area contributed by atoms with Crippen molar-refractivity contribution in [2.45, 2.75) is 19.8 Å². The van der Waals surface area contributed by atoms with Gasteiger partial charge >= 0.3 is 0 Å². The van der Waals surface area contributed by atoms with Crippen molar-refractivity contribution >= 4 is 16.6 Å². The molecule has 2 rings (SSSR count). The first-order valence-electron chi connectivity index (χ1n) is 6.44. The number of ether oxygens (including phenoxy) is 1. The average molecular weight is 245 g/mol. The van der Waals surface area contributed by atoms with E-state index < -0.39 is 0 Å². The Hall–Kier alpha value is -1.68. The van der Waals surface area contributed by atoms with Gasteiger partial charge in [0.2, 0.25) is 0 Å². The Balaban J connectivity index is 1.88. The van der Waals surface area contributed by atoms with Crippen LogP contribution in [-0.2, 0) is 4.74 Å². The monoisotopic (exact) mass is 245 g/mol. The lowest BCUT2D eigenvalue weighted by Gasteiger charge is -2.08. The van der Waals surface area contributed by atoms with Gasteiger partial charge in [-0.05, 0) is 12.5 Å². The third kappa shape index (κ3) is 3.40. The minimum Gasteiger partial charge on any atom is -0.381 e.